The molecule has 1 heterocycles. The summed E-state index contributed by atoms with van der Waals surface area (Å²) in [5.74, 6) is 0.534. The zero-order valence-electron chi connectivity index (χ0n) is 14.6. The lowest BCUT2D eigenvalue weighted by Gasteiger charge is -2.22. The second-order valence-electron chi connectivity index (χ2n) is 6.77. The third-order valence-electron chi connectivity index (χ3n) is 3.98. The number of hydrogen-bond donors (Lipinski definition) is 0. The van der Waals surface area contributed by atoms with Crippen LogP contribution >= 0.6 is 0 Å². The molecule has 126 valence electrons. The van der Waals surface area contributed by atoms with E-state index in [4.69, 9.17) is 0 Å². The smallest absolute Gasteiger partial charge is 0.199 e. The lowest BCUT2D eigenvalue weighted by atomic mass is 9.89. The van der Waals surface area contributed by atoms with Crippen LogP contribution in [0.5, 0.6) is 0 Å². The van der Waals surface area contributed by atoms with Crippen LogP contribution in [0.3, 0.4) is 0 Å². The van der Waals surface area contributed by atoms with E-state index in [9.17, 15) is 8.42 Å². The third-order valence-corrected chi connectivity index (χ3v) is 5.66. The highest BCUT2D eigenvalue weighted by Gasteiger charge is 2.28. The lowest BCUT2D eigenvalue weighted by Crippen LogP contribution is -2.19. The molecule has 5 nitrogen and oxygen atoms in total. The van der Waals surface area contributed by atoms with Crippen molar-refractivity contribution in [1.29, 1.82) is 0 Å². The summed E-state index contributed by atoms with van der Waals surface area (Å²) in [5, 5.41) is 7.34. The Kier molecular flexibility index (Phi) is 4.94. The van der Waals surface area contributed by atoms with Crippen LogP contribution in [0.1, 0.15) is 76.0 Å². The van der Waals surface area contributed by atoms with Crippen LogP contribution in [-0.2, 0) is 10.0 Å². The summed E-state index contributed by atoms with van der Waals surface area (Å²) in [7, 11) is -3.75. The first-order valence-electron chi connectivity index (χ1n) is 7.95. The largest absolute Gasteiger partial charge is 0.284 e. The molecule has 23 heavy (non-hydrogen) atoms. The number of nitrogens with zero attached hydrogens (tertiary/aromatic N) is 3. The summed E-state index contributed by atoms with van der Waals surface area (Å²) >= 11 is 0. The van der Waals surface area contributed by atoms with Gasteiger partial charge in [-0.15, -0.1) is 9.19 Å². The Morgan fingerprint density at radius 1 is 0.913 bits per heavy atom. The highest BCUT2D eigenvalue weighted by atomic mass is 32.2. The topological polar surface area (TPSA) is 64.8 Å². The normalized spacial score (nSPS) is 12.6. The van der Waals surface area contributed by atoms with Crippen molar-refractivity contribution in [2.75, 3.05) is 0 Å². The Hall–Kier alpha value is -1.69. The fourth-order valence-corrected chi connectivity index (χ4v) is 4.33. The van der Waals surface area contributed by atoms with Crippen LogP contribution in [0.2, 0.25) is 0 Å². The maximum absolute atomic E-state index is 13.1. The second-order valence-corrected chi connectivity index (χ2v) is 8.51. The van der Waals surface area contributed by atoms with Crippen molar-refractivity contribution in [1.82, 2.24) is 14.4 Å². The number of benzene rings is 1. The maximum atomic E-state index is 13.1. The van der Waals surface area contributed by atoms with Crippen LogP contribution in [-0.4, -0.2) is 22.8 Å². The van der Waals surface area contributed by atoms with Gasteiger partial charge in [0, 0.05) is 0 Å². The van der Waals surface area contributed by atoms with E-state index in [1.807, 2.05) is 39.8 Å². The Labute approximate surface area is 138 Å². The maximum Gasteiger partial charge on any atom is 0.284 e. The molecule has 6 heteroatoms. The second kappa shape index (κ2) is 6.43. The Balaban J connectivity index is 2.85. The molecule has 1 aromatic heterocycles. The molecule has 0 aliphatic carbocycles. The highest BCUT2D eigenvalue weighted by Crippen LogP contribution is 2.35. The molecule has 0 unspecified atom stereocenters. The summed E-state index contributed by atoms with van der Waals surface area (Å²) in [6, 6.07) is 4.04. The zero-order valence-corrected chi connectivity index (χ0v) is 15.4. The van der Waals surface area contributed by atoms with Crippen LogP contribution in [0, 0.1) is 0 Å². The van der Waals surface area contributed by atoms with Gasteiger partial charge in [0.25, 0.3) is 10.0 Å². The van der Waals surface area contributed by atoms with Gasteiger partial charge in [-0.05, 0) is 34.4 Å². The first-order valence-corrected chi connectivity index (χ1v) is 9.39. The molecule has 0 atom stereocenters. The molecule has 0 saturated heterocycles. The predicted molar refractivity (Wildman–Crippen MR) is 91.3 cm³/mol. The Morgan fingerprint density at radius 3 is 1.78 bits per heavy atom. The van der Waals surface area contributed by atoms with Crippen LogP contribution in [0.25, 0.3) is 0 Å². The van der Waals surface area contributed by atoms with Gasteiger partial charge in [0.15, 0.2) is 0 Å². The molecule has 0 saturated carbocycles. The van der Waals surface area contributed by atoms with Gasteiger partial charge in [-0.1, -0.05) is 58.9 Å². The monoisotopic (exact) mass is 335 g/mol. The zero-order chi connectivity index (χ0) is 17.4. The summed E-state index contributed by atoms with van der Waals surface area (Å²) < 4.78 is 27.1. The van der Waals surface area contributed by atoms with E-state index in [1.165, 1.54) is 12.4 Å². The molecule has 0 aliphatic rings. The van der Waals surface area contributed by atoms with Crippen LogP contribution in [0.15, 0.2) is 29.4 Å². The fraction of sp³-hybridized carbons (Fsp3) is 0.529. The van der Waals surface area contributed by atoms with E-state index in [0.717, 1.165) is 20.8 Å². The van der Waals surface area contributed by atoms with Crippen LogP contribution in [0.4, 0.5) is 0 Å². The fourth-order valence-electron chi connectivity index (χ4n) is 2.61. The number of hydrogen-bond acceptors (Lipinski definition) is 4. The first kappa shape index (κ1) is 17.7. The number of aromatic nitrogens is 3. The molecule has 2 aromatic rings. The molecule has 0 N–H and O–H groups in total. The molecular weight excluding hydrogens is 310 g/mol. The van der Waals surface area contributed by atoms with Gasteiger partial charge in [-0.25, -0.2) is 0 Å². The van der Waals surface area contributed by atoms with Gasteiger partial charge in [0.1, 0.15) is 0 Å². The van der Waals surface area contributed by atoms with Crippen molar-refractivity contribution in [3.05, 3.63) is 41.2 Å². The minimum atomic E-state index is -3.75. The average molecular weight is 335 g/mol. The Morgan fingerprint density at radius 2 is 1.43 bits per heavy atom. The van der Waals surface area contributed by atoms with Crippen molar-refractivity contribution in [2.24, 2.45) is 0 Å². The van der Waals surface area contributed by atoms with E-state index >= 15 is 0 Å². The molecular formula is C17H25N3O2S. The molecule has 2 rings (SSSR count). The van der Waals surface area contributed by atoms with Gasteiger partial charge in [-0.2, -0.15) is 8.42 Å². The van der Waals surface area contributed by atoms with Crippen molar-refractivity contribution in [3.8, 4) is 0 Å². The lowest BCUT2D eigenvalue weighted by molar-refractivity contribution is 0.571. The van der Waals surface area contributed by atoms with Crippen molar-refractivity contribution < 1.29 is 8.42 Å². The first-order chi connectivity index (χ1) is 10.7. The third kappa shape index (κ3) is 3.32. The van der Waals surface area contributed by atoms with E-state index in [0.29, 0.717) is 10.8 Å². The SMILES string of the molecule is CC(C)c1cc(C(C)C)c(S(=O)(=O)n2ccnn2)c(C(C)C)c1. The average Bonchev–Trinajstić information content (AvgIpc) is 3.00. The van der Waals surface area contributed by atoms with Crippen molar-refractivity contribution >= 4 is 10.0 Å². The molecule has 0 amide bonds. The highest BCUT2D eigenvalue weighted by molar-refractivity contribution is 7.90. The molecule has 0 spiro atoms. The summed E-state index contributed by atoms with van der Waals surface area (Å²) in [4.78, 5) is 0.373. The van der Waals surface area contributed by atoms with Gasteiger partial charge < -0.3 is 0 Å². The van der Waals surface area contributed by atoms with Gasteiger partial charge in [-0.3, -0.25) is 0 Å². The van der Waals surface area contributed by atoms with Gasteiger partial charge in [0.2, 0.25) is 0 Å². The molecule has 0 radical (unpaired) electrons. The molecule has 1 aromatic carbocycles. The molecule has 0 fully saturated rings. The predicted octanol–water partition coefficient (Wildman–Crippen LogP) is 3.89. The summed E-state index contributed by atoms with van der Waals surface area (Å²) in [5.41, 5.74) is 2.85. The summed E-state index contributed by atoms with van der Waals surface area (Å²) in [6.45, 7) is 12.3. The minimum Gasteiger partial charge on any atom is -0.199 e. The molecule has 0 bridgehead atoms. The minimum absolute atomic E-state index is 0.0968. The van der Waals surface area contributed by atoms with E-state index < -0.39 is 10.0 Å². The number of rotatable bonds is 5. The Bertz CT molecular complexity index is 747. The van der Waals surface area contributed by atoms with E-state index in [-0.39, 0.29) is 11.8 Å². The van der Waals surface area contributed by atoms with E-state index in [1.54, 1.807) is 0 Å². The van der Waals surface area contributed by atoms with Gasteiger partial charge >= 0.3 is 0 Å². The van der Waals surface area contributed by atoms with E-state index in [2.05, 4.69) is 24.2 Å². The van der Waals surface area contributed by atoms with Gasteiger partial charge in [0.05, 0.1) is 17.3 Å². The van der Waals surface area contributed by atoms with Crippen LogP contribution < -0.4 is 0 Å². The standard InChI is InChI=1S/C17H25N3O2S/c1-11(2)14-9-15(12(3)4)17(16(10-14)13(5)6)23(21,22)20-8-7-18-19-20/h7-13H,1-6H3. The van der Waals surface area contributed by atoms with Crippen molar-refractivity contribution in [3.63, 3.8) is 0 Å². The van der Waals surface area contributed by atoms with Crippen molar-refractivity contribution in [2.45, 2.75) is 64.2 Å². The molecule has 0 aliphatic heterocycles. The summed E-state index contributed by atoms with van der Waals surface area (Å²) in [6.07, 6.45) is 2.75. The quantitative estimate of drug-likeness (QED) is 0.831.